The number of allylic oxidation sites excluding steroid dienone is 2. The predicted molar refractivity (Wildman–Crippen MR) is 102 cm³/mol. The van der Waals surface area contributed by atoms with Gasteiger partial charge >= 0.3 is 0 Å². The maximum atomic E-state index is 13.3. The van der Waals surface area contributed by atoms with Crippen LogP contribution < -0.4 is 5.32 Å². The van der Waals surface area contributed by atoms with Crippen LogP contribution in [0.3, 0.4) is 0 Å². The summed E-state index contributed by atoms with van der Waals surface area (Å²) in [6.07, 6.45) is 1.20. The Labute approximate surface area is 154 Å². The van der Waals surface area contributed by atoms with Crippen molar-refractivity contribution in [3.8, 4) is 17.3 Å². The Morgan fingerprint density at radius 2 is 1.92 bits per heavy atom. The van der Waals surface area contributed by atoms with Crippen molar-refractivity contribution in [2.24, 2.45) is 0 Å². The van der Waals surface area contributed by atoms with Gasteiger partial charge in [-0.2, -0.15) is 5.26 Å². The maximum Gasteiger partial charge on any atom is 0.272 e. The van der Waals surface area contributed by atoms with Gasteiger partial charge in [-0.25, -0.2) is 8.78 Å². The van der Waals surface area contributed by atoms with Crippen LogP contribution in [0.15, 0.2) is 48.3 Å². The summed E-state index contributed by atoms with van der Waals surface area (Å²) in [5.41, 5.74) is 3.54. The van der Waals surface area contributed by atoms with Gasteiger partial charge in [0.25, 0.3) is 5.92 Å². The van der Waals surface area contributed by atoms with Crippen molar-refractivity contribution in [3.05, 3.63) is 59.4 Å². The molecule has 0 spiro atoms. The highest BCUT2D eigenvalue weighted by molar-refractivity contribution is 5.73. The Morgan fingerprint density at radius 1 is 1.23 bits per heavy atom. The number of rotatable bonds is 5. The number of pyridine rings is 1. The van der Waals surface area contributed by atoms with Gasteiger partial charge in [-0.3, -0.25) is 4.98 Å². The average Bonchev–Trinajstić information content (AvgIpc) is 2.66. The van der Waals surface area contributed by atoms with E-state index in [1.54, 1.807) is 6.07 Å². The third-order valence-electron chi connectivity index (χ3n) is 3.70. The molecule has 0 fully saturated rings. The normalized spacial score (nSPS) is 11.6. The van der Waals surface area contributed by atoms with E-state index in [1.165, 1.54) is 12.3 Å². The van der Waals surface area contributed by atoms with Crippen molar-refractivity contribution in [2.45, 2.75) is 40.5 Å². The molecular formula is C21H25F2N3. The highest BCUT2D eigenvalue weighted by Gasteiger charge is 2.24. The van der Waals surface area contributed by atoms with Gasteiger partial charge in [0.1, 0.15) is 11.8 Å². The number of benzene rings is 1. The van der Waals surface area contributed by atoms with E-state index in [0.717, 1.165) is 23.6 Å². The number of nitrogens with one attached hydrogen (secondary N) is 1. The van der Waals surface area contributed by atoms with Crippen molar-refractivity contribution in [2.75, 3.05) is 6.54 Å². The number of hydrogen-bond donors (Lipinski definition) is 1. The zero-order valence-corrected chi connectivity index (χ0v) is 15.9. The Hall–Kier alpha value is -2.74. The van der Waals surface area contributed by atoms with Gasteiger partial charge in [-0.15, -0.1) is 0 Å². The third-order valence-corrected chi connectivity index (χ3v) is 3.70. The van der Waals surface area contributed by atoms with Gasteiger partial charge in [-0.1, -0.05) is 32.0 Å². The molecule has 0 saturated carbocycles. The molecule has 5 heteroatoms. The average molecular weight is 357 g/mol. The highest BCUT2D eigenvalue weighted by Crippen LogP contribution is 2.28. The van der Waals surface area contributed by atoms with Crippen molar-refractivity contribution < 1.29 is 8.78 Å². The van der Waals surface area contributed by atoms with E-state index in [9.17, 15) is 14.0 Å². The van der Waals surface area contributed by atoms with Crippen molar-refractivity contribution in [1.82, 2.24) is 10.3 Å². The summed E-state index contributed by atoms with van der Waals surface area (Å²) in [6.45, 7) is 9.31. The fourth-order valence-corrected chi connectivity index (χ4v) is 2.31. The van der Waals surface area contributed by atoms with Crippen LogP contribution in [0.5, 0.6) is 0 Å². The molecule has 0 bridgehead atoms. The molecule has 1 aromatic heterocycles. The minimum Gasteiger partial charge on any atom is -0.377 e. The molecule has 138 valence electrons. The largest absolute Gasteiger partial charge is 0.377 e. The molecule has 0 amide bonds. The molecule has 1 heterocycles. The van der Waals surface area contributed by atoms with Gasteiger partial charge < -0.3 is 5.32 Å². The fourth-order valence-electron chi connectivity index (χ4n) is 2.31. The van der Waals surface area contributed by atoms with E-state index < -0.39 is 5.92 Å². The Kier molecular flexibility index (Phi) is 7.92. The second-order valence-electron chi connectivity index (χ2n) is 5.54. The lowest BCUT2D eigenvalue weighted by Gasteiger charge is -2.11. The van der Waals surface area contributed by atoms with E-state index in [-0.39, 0.29) is 5.56 Å². The highest BCUT2D eigenvalue weighted by atomic mass is 19.3. The maximum absolute atomic E-state index is 13.3. The number of aromatic nitrogens is 1. The summed E-state index contributed by atoms with van der Waals surface area (Å²) < 4.78 is 26.6. The molecule has 0 saturated heterocycles. The summed E-state index contributed by atoms with van der Waals surface area (Å²) in [7, 11) is 0. The Morgan fingerprint density at radius 3 is 2.42 bits per heavy atom. The molecule has 1 N–H and O–H groups in total. The first-order valence-electron chi connectivity index (χ1n) is 8.66. The van der Waals surface area contributed by atoms with E-state index in [4.69, 9.17) is 0 Å². The third kappa shape index (κ3) is 5.38. The SMILES string of the molecule is CC.CCN/C(C#N)=C(\C)c1cccc(-c2ccc(C(C)(F)F)cn2)c1. The summed E-state index contributed by atoms with van der Waals surface area (Å²) >= 11 is 0. The van der Waals surface area contributed by atoms with Gasteiger partial charge in [0.05, 0.1) is 5.69 Å². The van der Waals surface area contributed by atoms with Crippen LogP contribution in [0, 0.1) is 11.3 Å². The van der Waals surface area contributed by atoms with Gasteiger partial charge in [0.2, 0.25) is 0 Å². The standard InChI is InChI=1S/C19H19F2N3.C2H6/c1-4-23-18(11-22)13(2)14-6-5-7-15(10-14)17-9-8-16(12-24-17)19(3,20)21;1-2/h5-10,12,23H,4H2,1-3H3;1-2H3/b18-13+;. The van der Waals surface area contributed by atoms with E-state index in [2.05, 4.69) is 16.4 Å². The molecule has 0 unspecified atom stereocenters. The summed E-state index contributed by atoms with van der Waals surface area (Å²) in [5, 5.41) is 12.3. The number of alkyl halides is 2. The van der Waals surface area contributed by atoms with Crippen LogP contribution in [0.25, 0.3) is 16.8 Å². The quantitative estimate of drug-likeness (QED) is 0.693. The first kappa shape index (κ1) is 21.3. The van der Waals surface area contributed by atoms with Crippen LogP contribution in [0.1, 0.15) is 45.7 Å². The van der Waals surface area contributed by atoms with E-state index >= 15 is 0 Å². The molecule has 0 aliphatic heterocycles. The minimum atomic E-state index is -2.90. The number of halogens is 2. The lowest BCUT2D eigenvalue weighted by Crippen LogP contribution is -2.12. The van der Waals surface area contributed by atoms with Crippen LogP contribution in [0.4, 0.5) is 8.78 Å². The van der Waals surface area contributed by atoms with E-state index in [0.29, 0.717) is 17.9 Å². The summed E-state index contributed by atoms with van der Waals surface area (Å²) in [4.78, 5) is 4.14. The van der Waals surface area contributed by atoms with Crippen LogP contribution in [-0.4, -0.2) is 11.5 Å². The van der Waals surface area contributed by atoms with Crippen LogP contribution >= 0.6 is 0 Å². The van der Waals surface area contributed by atoms with Crippen molar-refractivity contribution in [3.63, 3.8) is 0 Å². The van der Waals surface area contributed by atoms with Crippen LogP contribution in [-0.2, 0) is 5.92 Å². The molecular weight excluding hydrogens is 332 g/mol. The second kappa shape index (κ2) is 9.67. The zero-order valence-electron chi connectivity index (χ0n) is 15.9. The van der Waals surface area contributed by atoms with Crippen molar-refractivity contribution in [1.29, 1.82) is 5.26 Å². The second-order valence-corrected chi connectivity index (χ2v) is 5.54. The van der Waals surface area contributed by atoms with E-state index in [1.807, 2.05) is 52.0 Å². The molecule has 0 aliphatic rings. The fraction of sp³-hybridized carbons (Fsp3) is 0.333. The first-order chi connectivity index (χ1) is 12.4. The van der Waals surface area contributed by atoms with Crippen molar-refractivity contribution >= 4 is 5.57 Å². The van der Waals surface area contributed by atoms with Gasteiger partial charge in [0, 0.05) is 30.8 Å². The molecule has 1 aromatic carbocycles. The molecule has 2 aromatic rings. The Bertz CT molecular complexity index is 782. The minimum absolute atomic E-state index is 0.114. The molecule has 2 rings (SSSR count). The number of hydrogen-bond acceptors (Lipinski definition) is 3. The van der Waals surface area contributed by atoms with Gasteiger partial charge in [0.15, 0.2) is 0 Å². The molecule has 0 aliphatic carbocycles. The zero-order chi connectivity index (χ0) is 19.7. The lowest BCUT2D eigenvalue weighted by atomic mass is 10.0. The molecule has 0 atom stereocenters. The number of nitriles is 1. The molecule has 26 heavy (non-hydrogen) atoms. The van der Waals surface area contributed by atoms with Gasteiger partial charge in [-0.05, 0) is 43.2 Å². The summed E-state index contributed by atoms with van der Waals surface area (Å²) in [6, 6.07) is 12.7. The lowest BCUT2D eigenvalue weighted by molar-refractivity contribution is 0.0171. The molecule has 3 nitrogen and oxygen atoms in total. The topological polar surface area (TPSA) is 48.7 Å². The van der Waals surface area contributed by atoms with Crippen LogP contribution in [0.2, 0.25) is 0 Å². The monoisotopic (exact) mass is 357 g/mol. The predicted octanol–water partition coefficient (Wildman–Crippen LogP) is 5.75. The smallest absolute Gasteiger partial charge is 0.272 e. The first-order valence-corrected chi connectivity index (χ1v) is 8.66. The Balaban J connectivity index is 0.00000163. The number of nitrogens with zero attached hydrogens (tertiary/aromatic N) is 2. The molecule has 0 radical (unpaired) electrons. The summed E-state index contributed by atoms with van der Waals surface area (Å²) in [5.74, 6) is -2.90.